The fraction of sp³-hybridized carbons (Fsp3) is 0.188. The Morgan fingerprint density at radius 1 is 1.10 bits per heavy atom. The van der Waals surface area contributed by atoms with Crippen molar-refractivity contribution in [3.63, 3.8) is 0 Å². The first-order chi connectivity index (χ1) is 10.1. The molecule has 0 fully saturated rings. The van der Waals surface area contributed by atoms with Crippen molar-refractivity contribution in [1.82, 2.24) is 0 Å². The van der Waals surface area contributed by atoms with E-state index in [0.29, 0.717) is 0 Å². The fourth-order valence-corrected chi connectivity index (χ4v) is 3.88. The number of aryl methyl sites for hydroxylation is 2. The molecule has 3 N–H and O–H groups in total. The molecule has 0 aliphatic heterocycles. The first kappa shape index (κ1) is 15.8. The molecule has 0 saturated heterocycles. The molecule has 0 aliphatic rings. The van der Waals surface area contributed by atoms with E-state index in [-0.39, 0.29) is 5.84 Å². The Morgan fingerprint density at radius 2 is 1.81 bits per heavy atom. The normalized spacial score (nSPS) is 11.7. The molecule has 2 rings (SSSR count). The van der Waals surface area contributed by atoms with Gasteiger partial charge in [-0.15, -0.1) is 11.8 Å². The second kappa shape index (κ2) is 6.91. The predicted octanol–water partition coefficient (Wildman–Crippen LogP) is 4.27. The van der Waals surface area contributed by atoms with Crippen molar-refractivity contribution in [3.8, 4) is 0 Å². The standard InChI is InChI=1S/C16H18N2OS2/c1-10-7-8-11(2)14(9-10)21-13-6-4-5-12(20-3)15(13)16(17)18-19/h4-9,19H,1-3H3,(H2,17,18). The van der Waals surface area contributed by atoms with Gasteiger partial charge in [-0.05, 0) is 49.4 Å². The van der Waals surface area contributed by atoms with Gasteiger partial charge in [-0.3, -0.25) is 0 Å². The van der Waals surface area contributed by atoms with E-state index in [1.54, 1.807) is 23.5 Å². The molecule has 2 aromatic carbocycles. The quantitative estimate of drug-likeness (QED) is 0.290. The predicted molar refractivity (Wildman–Crippen MR) is 90.8 cm³/mol. The first-order valence-corrected chi connectivity index (χ1v) is 8.51. The molecule has 0 aromatic heterocycles. The molecule has 0 spiro atoms. The highest BCUT2D eigenvalue weighted by Crippen LogP contribution is 2.36. The summed E-state index contributed by atoms with van der Waals surface area (Å²) in [4.78, 5) is 3.17. The number of thioether (sulfide) groups is 1. The Labute approximate surface area is 133 Å². The average Bonchev–Trinajstić information content (AvgIpc) is 2.49. The van der Waals surface area contributed by atoms with E-state index >= 15 is 0 Å². The molecule has 21 heavy (non-hydrogen) atoms. The fourth-order valence-electron chi connectivity index (χ4n) is 2.00. The van der Waals surface area contributed by atoms with E-state index in [4.69, 9.17) is 10.9 Å². The number of amidine groups is 1. The SMILES string of the molecule is CSc1cccc(Sc2cc(C)ccc2C)c1/C(N)=N/O. The summed E-state index contributed by atoms with van der Waals surface area (Å²) < 4.78 is 0. The number of rotatable bonds is 4. The van der Waals surface area contributed by atoms with Gasteiger partial charge in [-0.1, -0.05) is 35.1 Å². The highest BCUT2D eigenvalue weighted by molar-refractivity contribution is 8.00. The second-order valence-electron chi connectivity index (χ2n) is 4.69. The molecule has 0 bridgehead atoms. The summed E-state index contributed by atoms with van der Waals surface area (Å²) in [5.41, 5.74) is 9.09. The lowest BCUT2D eigenvalue weighted by molar-refractivity contribution is 0.318. The average molecular weight is 318 g/mol. The van der Waals surface area contributed by atoms with E-state index in [9.17, 15) is 0 Å². The summed E-state index contributed by atoms with van der Waals surface area (Å²) in [6, 6.07) is 12.3. The number of hydrogen-bond donors (Lipinski definition) is 2. The molecule has 0 aliphatic carbocycles. The Morgan fingerprint density at radius 3 is 2.48 bits per heavy atom. The Kier molecular flexibility index (Phi) is 5.20. The highest BCUT2D eigenvalue weighted by atomic mass is 32.2. The van der Waals surface area contributed by atoms with Gasteiger partial charge in [-0.2, -0.15) is 0 Å². The first-order valence-electron chi connectivity index (χ1n) is 6.46. The molecular weight excluding hydrogens is 300 g/mol. The van der Waals surface area contributed by atoms with Gasteiger partial charge in [0.25, 0.3) is 0 Å². The molecule has 0 saturated carbocycles. The molecule has 0 amide bonds. The summed E-state index contributed by atoms with van der Waals surface area (Å²) in [6.07, 6.45) is 1.98. The topological polar surface area (TPSA) is 58.6 Å². The Bertz CT molecular complexity index is 684. The molecule has 110 valence electrons. The zero-order valence-electron chi connectivity index (χ0n) is 12.3. The van der Waals surface area contributed by atoms with Gasteiger partial charge < -0.3 is 10.9 Å². The maximum Gasteiger partial charge on any atom is 0.172 e. The summed E-state index contributed by atoms with van der Waals surface area (Å²) in [6.45, 7) is 4.16. The molecular formula is C16H18N2OS2. The molecule has 2 aromatic rings. The maximum absolute atomic E-state index is 9.04. The number of benzene rings is 2. The van der Waals surface area contributed by atoms with E-state index < -0.39 is 0 Å². The van der Waals surface area contributed by atoms with Crippen LogP contribution in [0.15, 0.2) is 56.2 Å². The molecule has 0 unspecified atom stereocenters. The number of nitrogens with two attached hydrogens (primary N) is 1. The van der Waals surface area contributed by atoms with E-state index in [0.717, 1.165) is 15.4 Å². The van der Waals surface area contributed by atoms with Crippen LogP contribution in [0.4, 0.5) is 0 Å². The third-order valence-corrected chi connectivity index (χ3v) is 5.14. The lowest BCUT2D eigenvalue weighted by Crippen LogP contribution is -2.15. The highest BCUT2D eigenvalue weighted by Gasteiger charge is 2.14. The maximum atomic E-state index is 9.04. The van der Waals surface area contributed by atoms with Crippen LogP contribution in [-0.4, -0.2) is 17.3 Å². The van der Waals surface area contributed by atoms with Crippen molar-refractivity contribution in [2.45, 2.75) is 28.5 Å². The molecule has 5 heteroatoms. The van der Waals surface area contributed by atoms with Crippen molar-refractivity contribution in [1.29, 1.82) is 0 Å². The van der Waals surface area contributed by atoms with E-state index in [1.165, 1.54) is 16.0 Å². The van der Waals surface area contributed by atoms with Gasteiger partial charge in [-0.25, -0.2) is 0 Å². The number of oxime groups is 1. The zero-order valence-corrected chi connectivity index (χ0v) is 13.9. The van der Waals surface area contributed by atoms with E-state index in [2.05, 4.69) is 37.2 Å². The lowest BCUT2D eigenvalue weighted by atomic mass is 10.2. The smallest absolute Gasteiger partial charge is 0.172 e. The molecule has 0 radical (unpaired) electrons. The summed E-state index contributed by atoms with van der Waals surface area (Å²) in [7, 11) is 0. The minimum Gasteiger partial charge on any atom is -0.409 e. The van der Waals surface area contributed by atoms with Crippen LogP contribution in [0, 0.1) is 13.8 Å². The van der Waals surface area contributed by atoms with Crippen LogP contribution in [0.25, 0.3) is 0 Å². The van der Waals surface area contributed by atoms with Crippen LogP contribution in [0.2, 0.25) is 0 Å². The Balaban J connectivity index is 2.51. The number of nitrogens with zero attached hydrogens (tertiary/aromatic N) is 1. The molecule has 3 nitrogen and oxygen atoms in total. The Hall–Kier alpha value is -1.59. The van der Waals surface area contributed by atoms with Gasteiger partial charge in [0.05, 0.1) is 0 Å². The van der Waals surface area contributed by atoms with Crippen molar-refractivity contribution < 1.29 is 5.21 Å². The monoisotopic (exact) mass is 318 g/mol. The van der Waals surface area contributed by atoms with Crippen LogP contribution in [0.3, 0.4) is 0 Å². The van der Waals surface area contributed by atoms with Gasteiger partial charge in [0, 0.05) is 20.2 Å². The third kappa shape index (κ3) is 3.54. The van der Waals surface area contributed by atoms with Crippen molar-refractivity contribution in [2.24, 2.45) is 10.9 Å². The summed E-state index contributed by atoms with van der Waals surface area (Å²) >= 11 is 3.23. The van der Waals surface area contributed by atoms with Gasteiger partial charge in [0.2, 0.25) is 0 Å². The van der Waals surface area contributed by atoms with Crippen LogP contribution >= 0.6 is 23.5 Å². The largest absolute Gasteiger partial charge is 0.409 e. The lowest BCUT2D eigenvalue weighted by Gasteiger charge is -2.13. The van der Waals surface area contributed by atoms with Crippen molar-refractivity contribution in [2.75, 3.05) is 6.26 Å². The third-order valence-electron chi connectivity index (χ3n) is 3.14. The van der Waals surface area contributed by atoms with Gasteiger partial charge in [0.15, 0.2) is 5.84 Å². The van der Waals surface area contributed by atoms with Crippen LogP contribution in [0.5, 0.6) is 0 Å². The minimum atomic E-state index is 0.146. The van der Waals surface area contributed by atoms with Crippen molar-refractivity contribution >= 4 is 29.4 Å². The van der Waals surface area contributed by atoms with Crippen LogP contribution < -0.4 is 5.73 Å². The molecule has 0 atom stereocenters. The van der Waals surface area contributed by atoms with Gasteiger partial charge >= 0.3 is 0 Å². The zero-order chi connectivity index (χ0) is 15.4. The van der Waals surface area contributed by atoms with Gasteiger partial charge in [0.1, 0.15) is 0 Å². The summed E-state index contributed by atoms with van der Waals surface area (Å²) in [5.74, 6) is 0.146. The van der Waals surface area contributed by atoms with Crippen LogP contribution in [-0.2, 0) is 0 Å². The van der Waals surface area contributed by atoms with Crippen molar-refractivity contribution in [3.05, 3.63) is 53.1 Å². The second-order valence-corrected chi connectivity index (χ2v) is 6.62. The number of hydrogen-bond acceptors (Lipinski definition) is 4. The molecule has 0 heterocycles. The van der Waals surface area contributed by atoms with E-state index in [1.807, 2.05) is 24.5 Å². The minimum absolute atomic E-state index is 0.146. The summed E-state index contributed by atoms with van der Waals surface area (Å²) in [5, 5.41) is 12.2. The van der Waals surface area contributed by atoms with Crippen LogP contribution in [0.1, 0.15) is 16.7 Å².